The minimum Gasteiger partial charge on any atom is -0.389 e. The largest absolute Gasteiger partial charge is 0.389 e. The number of hydrogen-bond donors (Lipinski definition) is 1. The Bertz CT molecular complexity index is 822. The highest BCUT2D eigenvalue weighted by molar-refractivity contribution is 7.80. The van der Waals surface area contributed by atoms with E-state index in [4.69, 9.17) is 18.0 Å². The predicted molar refractivity (Wildman–Crippen MR) is 82.0 cm³/mol. The van der Waals surface area contributed by atoms with Crippen molar-refractivity contribution in [2.75, 3.05) is 0 Å². The summed E-state index contributed by atoms with van der Waals surface area (Å²) in [6.07, 6.45) is 3.29. The van der Waals surface area contributed by atoms with Gasteiger partial charge in [0.15, 0.2) is 5.82 Å². The molecule has 0 saturated carbocycles. The van der Waals surface area contributed by atoms with Crippen LogP contribution in [0.15, 0.2) is 30.7 Å². The number of fused-ring (bicyclic) bond motifs is 1. The van der Waals surface area contributed by atoms with Crippen molar-refractivity contribution in [2.24, 2.45) is 5.73 Å². The quantitative estimate of drug-likeness (QED) is 0.729. The second-order valence-corrected chi connectivity index (χ2v) is 5.11. The summed E-state index contributed by atoms with van der Waals surface area (Å²) < 4.78 is 1.86. The fourth-order valence-electron chi connectivity index (χ4n) is 2.13. The molecule has 0 aliphatic carbocycles. The number of benzene rings is 1. The van der Waals surface area contributed by atoms with Gasteiger partial charge in [0.2, 0.25) is 0 Å². The van der Waals surface area contributed by atoms with Crippen LogP contribution in [-0.4, -0.2) is 24.7 Å². The normalized spacial score (nSPS) is 10.9. The average Bonchev–Trinajstić information content (AvgIpc) is 2.82. The van der Waals surface area contributed by atoms with Crippen LogP contribution >= 0.6 is 12.2 Å². The first-order valence-corrected chi connectivity index (χ1v) is 6.55. The SMILES string of the molecule is Cc1cc2ncn(-c3nnccc3C(N)=S)c2cc1C. The van der Waals surface area contributed by atoms with E-state index in [9.17, 15) is 0 Å². The Hall–Kier alpha value is -2.34. The predicted octanol–water partition coefficient (Wildman–Crippen LogP) is 2.07. The zero-order valence-electron chi connectivity index (χ0n) is 11.2. The first-order chi connectivity index (χ1) is 9.58. The molecule has 2 heterocycles. The van der Waals surface area contributed by atoms with Crippen LogP contribution in [0.25, 0.3) is 16.9 Å². The highest BCUT2D eigenvalue weighted by atomic mass is 32.1. The van der Waals surface area contributed by atoms with Crippen LogP contribution in [0.4, 0.5) is 0 Å². The summed E-state index contributed by atoms with van der Waals surface area (Å²) in [6.45, 7) is 4.13. The van der Waals surface area contributed by atoms with Crippen molar-refractivity contribution in [3.8, 4) is 5.82 Å². The molecule has 0 spiro atoms. The van der Waals surface area contributed by atoms with Gasteiger partial charge in [-0.3, -0.25) is 4.57 Å². The number of imidazole rings is 1. The van der Waals surface area contributed by atoms with Crippen LogP contribution in [0, 0.1) is 13.8 Å². The number of hydrogen-bond acceptors (Lipinski definition) is 4. The van der Waals surface area contributed by atoms with E-state index in [0.717, 1.165) is 11.0 Å². The number of nitrogens with zero attached hydrogens (tertiary/aromatic N) is 4. The van der Waals surface area contributed by atoms with Crippen LogP contribution in [-0.2, 0) is 0 Å². The lowest BCUT2D eigenvalue weighted by Crippen LogP contribution is -2.15. The second kappa shape index (κ2) is 4.64. The van der Waals surface area contributed by atoms with Crippen molar-refractivity contribution in [1.82, 2.24) is 19.7 Å². The van der Waals surface area contributed by atoms with E-state index in [2.05, 4.69) is 41.2 Å². The van der Waals surface area contributed by atoms with Gasteiger partial charge in [-0.25, -0.2) is 4.98 Å². The Labute approximate surface area is 121 Å². The van der Waals surface area contributed by atoms with Crippen LogP contribution in [0.1, 0.15) is 16.7 Å². The van der Waals surface area contributed by atoms with E-state index in [1.165, 1.54) is 11.1 Å². The van der Waals surface area contributed by atoms with Crippen molar-refractivity contribution in [3.63, 3.8) is 0 Å². The molecule has 3 rings (SSSR count). The first kappa shape index (κ1) is 12.7. The van der Waals surface area contributed by atoms with Gasteiger partial charge in [-0.2, -0.15) is 5.10 Å². The van der Waals surface area contributed by atoms with Gasteiger partial charge in [0, 0.05) is 0 Å². The van der Waals surface area contributed by atoms with E-state index < -0.39 is 0 Å². The molecule has 6 heteroatoms. The lowest BCUT2D eigenvalue weighted by Gasteiger charge is -2.08. The number of aryl methyl sites for hydroxylation is 2. The molecule has 0 bridgehead atoms. The minimum absolute atomic E-state index is 0.292. The first-order valence-electron chi connectivity index (χ1n) is 6.14. The van der Waals surface area contributed by atoms with Crippen LogP contribution in [0.2, 0.25) is 0 Å². The Balaban J connectivity index is 2.31. The maximum Gasteiger partial charge on any atom is 0.171 e. The van der Waals surface area contributed by atoms with E-state index >= 15 is 0 Å². The summed E-state index contributed by atoms with van der Waals surface area (Å²) in [6, 6.07) is 5.89. The highest BCUT2D eigenvalue weighted by Gasteiger charge is 2.13. The van der Waals surface area contributed by atoms with Crippen LogP contribution in [0.5, 0.6) is 0 Å². The molecule has 0 radical (unpaired) electrons. The summed E-state index contributed by atoms with van der Waals surface area (Å²) in [7, 11) is 0. The number of nitrogens with two attached hydrogens (primary N) is 1. The summed E-state index contributed by atoms with van der Waals surface area (Å²) in [5.74, 6) is 0.603. The van der Waals surface area contributed by atoms with Gasteiger partial charge in [-0.15, -0.1) is 5.10 Å². The lowest BCUT2D eigenvalue weighted by atomic mass is 10.1. The van der Waals surface area contributed by atoms with Gasteiger partial charge in [-0.1, -0.05) is 12.2 Å². The summed E-state index contributed by atoms with van der Waals surface area (Å²) in [5, 5.41) is 8.07. The summed E-state index contributed by atoms with van der Waals surface area (Å²) >= 11 is 5.07. The lowest BCUT2D eigenvalue weighted by molar-refractivity contribution is 0.924. The third-order valence-electron chi connectivity index (χ3n) is 3.36. The molecule has 2 N–H and O–H groups in total. The molecular weight excluding hydrogens is 270 g/mol. The Morgan fingerprint density at radius 3 is 2.75 bits per heavy atom. The number of aromatic nitrogens is 4. The van der Waals surface area contributed by atoms with Crippen molar-refractivity contribution >= 4 is 28.2 Å². The van der Waals surface area contributed by atoms with E-state index in [1.54, 1.807) is 18.6 Å². The fraction of sp³-hybridized carbons (Fsp3) is 0.143. The molecule has 0 fully saturated rings. The summed E-state index contributed by atoms with van der Waals surface area (Å²) in [5.41, 5.74) is 10.7. The van der Waals surface area contributed by atoms with Crippen molar-refractivity contribution < 1.29 is 0 Å². The zero-order chi connectivity index (χ0) is 14.3. The molecule has 0 aliphatic heterocycles. The standard InChI is InChI=1S/C14H13N5S/c1-8-5-11-12(6-9(8)2)19(7-16-11)14-10(13(15)20)3-4-17-18-14/h3-7H,1-2H3,(H2,15,20). The molecule has 0 aliphatic rings. The fourth-order valence-corrected chi connectivity index (χ4v) is 2.29. The van der Waals surface area contributed by atoms with Gasteiger partial charge in [0.05, 0.1) is 22.8 Å². The minimum atomic E-state index is 0.292. The maximum atomic E-state index is 5.75. The average molecular weight is 283 g/mol. The smallest absolute Gasteiger partial charge is 0.171 e. The highest BCUT2D eigenvalue weighted by Crippen LogP contribution is 2.22. The van der Waals surface area contributed by atoms with Crippen molar-refractivity contribution in [1.29, 1.82) is 0 Å². The zero-order valence-corrected chi connectivity index (χ0v) is 12.0. The molecule has 0 unspecified atom stereocenters. The summed E-state index contributed by atoms with van der Waals surface area (Å²) in [4.78, 5) is 4.70. The number of thiocarbonyl (C=S) groups is 1. The molecule has 3 aromatic rings. The van der Waals surface area contributed by atoms with E-state index in [1.807, 2.05) is 4.57 Å². The molecule has 0 saturated heterocycles. The molecule has 5 nitrogen and oxygen atoms in total. The Kier molecular flexibility index (Phi) is 2.94. The van der Waals surface area contributed by atoms with E-state index in [-0.39, 0.29) is 0 Å². The van der Waals surface area contributed by atoms with Gasteiger partial charge >= 0.3 is 0 Å². The monoisotopic (exact) mass is 283 g/mol. The number of rotatable bonds is 2. The molecule has 0 atom stereocenters. The third-order valence-corrected chi connectivity index (χ3v) is 3.58. The van der Waals surface area contributed by atoms with E-state index in [0.29, 0.717) is 16.4 Å². The third kappa shape index (κ3) is 1.94. The molecular formula is C14H13N5S. The van der Waals surface area contributed by atoms with Crippen LogP contribution in [0.3, 0.4) is 0 Å². The Morgan fingerprint density at radius 1 is 1.25 bits per heavy atom. The molecule has 100 valence electrons. The van der Waals surface area contributed by atoms with Crippen LogP contribution < -0.4 is 5.73 Å². The molecule has 20 heavy (non-hydrogen) atoms. The van der Waals surface area contributed by atoms with Crippen molar-refractivity contribution in [3.05, 3.63) is 47.4 Å². The van der Waals surface area contributed by atoms with Gasteiger partial charge < -0.3 is 5.73 Å². The Morgan fingerprint density at radius 2 is 2.00 bits per heavy atom. The topological polar surface area (TPSA) is 69.6 Å². The van der Waals surface area contributed by atoms with Gasteiger partial charge in [0.1, 0.15) is 11.3 Å². The molecule has 2 aromatic heterocycles. The van der Waals surface area contributed by atoms with Crippen molar-refractivity contribution in [2.45, 2.75) is 13.8 Å². The molecule has 1 aromatic carbocycles. The van der Waals surface area contributed by atoms with Gasteiger partial charge in [-0.05, 0) is 43.2 Å². The molecule has 0 amide bonds. The van der Waals surface area contributed by atoms with Gasteiger partial charge in [0.25, 0.3) is 0 Å². The maximum absolute atomic E-state index is 5.75. The second-order valence-electron chi connectivity index (χ2n) is 4.67.